The number of para-hydroxylation sites is 1. The number of hydrogen-bond donors (Lipinski definition) is 3. The van der Waals surface area contributed by atoms with E-state index in [1.807, 2.05) is 18.2 Å². The van der Waals surface area contributed by atoms with Gasteiger partial charge in [0, 0.05) is 56.8 Å². The average Bonchev–Trinajstić information content (AvgIpc) is 2.67. The Bertz CT molecular complexity index is 735. The van der Waals surface area contributed by atoms with Gasteiger partial charge in [0.25, 0.3) is 0 Å². The molecule has 1 fully saturated rings. The van der Waals surface area contributed by atoms with Crippen LogP contribution in [-0.2, 0) is 4.79 Å². The quantitative estimate of drug-likeness (QED) is 0.526. The number of piperidine rings is 1. The minimum absolute atomic E-state index is 0.0535. The Balaban J connectivity index is 1.55. The zero-order valence-corrected chi connectivity index (χ0v) is 18.6. The molecule has 2 aliphatic rings. The molecule has 3 atom stereocenters. The van der Waals surface area contributed by atoms with E-state index >= 15 is 0 Å². The molecule has 0 saturated carbocycles. The van der Waals surface area contributed by atoms with Crippen LogP contribution in [0.25, 0.3) is 0 Å². The summed E-state index contributed by atoms with van der Waals surface area (Å²) in [5.41, 5.74) is 2.16. The molecule has 0 spiro atoms. The van der Waals surface area contributed by atoms with Crippen molar-refractivity contribution in [2.24, 2.45) is 16.8 Å². The molecule has 1 aromatic rings. The molecule has 1 aromatic carbocycles. The fourth-order valence-electron chi connectivity index (χ4n) is 4.69. The SMILES string of the molecule is CN=C(NCC1CC(=O)Nc2ccccc21)NCC(C)(C)N1CC(C)CC(C)C1. The van der Waals surface area contributed by atoms with Crippen LogP contribution in [0.2, 0.25) is 0 Å². The number of carbonyl (C=O) groups is 1. The maximum absolute atomic E-state index is 12.0. The highest BCUT2D eigenvalue weighted by Gasteiger charge is 2.33. The third-order valence-corrected chi connectivity index (χ3v) is 6.26. The minimum atomic E-state index is 0.0535. The van der Waals surface area contributed by atoms with Crippen LogP contribution in [0.15, 0.2) is 29.3 Å². The molecule has 0 aromatic heterocycles. The number of guanidine groups is 1. The van der Waals surface area contributed by atoms with Crippen molar-refractivity contribution in [3.8, 4) is 0 Å². The number of nitrogens with zero attached hydrogens (tertiary/aromatic N) is 2. The van der Waals surface area contributed by atoms with E-state index in [1.54, 1.807) is 7.05 Å². The highest BCUT2D eigenvalue weighted by atomic mass is 16.1. The molecule has 1 amide bonds. The molecule has 3 unspecified atom stereocenters. The van der Waals surface area contributed by atoms with Crippen molar-refractivity contribution in [3.63, 3.8) is 0 Å². The van der Waals surface area contributed by atoms with E-state index in [9.17, 15) is 4.79 Å². The van der Waals surface area contributed by atoms with Crippen molar-refractivity contribution >= 4 is 17.6 Å². The van der Waals surface area contributed by atoms with Crippen molar-refractivity contribution in [3.05, 3.63) is 29.8 Å². The zero-order chi connectivity index (χ0) is 21.0. The Hall–Kier alpha value is -2.08. The number of likely N-dealkylation sites (tertiary alicyclic amines) is 1. The first-order chi connectivity index (χ1) is 13.8. The van der Waals surface area contributed by atoms with Gasteiger partial charge in [-0.2, -0.15) is 0 Å². The predicted octanol–water partition coefficient (Wildman–Crippen LogP) is 3.03. The van der Waals surface area contributed by atoms with E-state index in [0.29, 0.717) is 13.0 Å². The van der Waals surface area contributed by atoms with Crippen molar-refractivity contribution in [1.82, 2.24) is 15.5 Å². The molecule has 2 aliphatic heterocycles. The summed E-state index contributed by atoms with van der Waals surface area (Å²) in [5, 5.41) is 9.90. The van der Waals surface area contributed by atoms with Gasteiger partial charge >= 0.3 is 0 Å². The van der Waals surface area contributed by atoms with Crippen molar-refractivity contribution in [2.45, 2.75) is 52.0 Å². The molecule has 2 heterocycles. The number of amides is 1. The van der Waals surface area contributed by atoms with Gasteiger partial charge in [-0.25, -0.2) is 0 Å². The first-order valence-electron chi connectivity index (χ1n) is 10.9. The lowest BCUT2D eigenvalue weighted by atomic mass is 9.88. The smallest absolute Gasteiger partial charge is 0.225 e. The predicted molar refractivity (Wildman–Crippen MR) is 120 cm³/mol. The highest BCUT2D eigenvalue weighted by molar-refractivity contribution is 5.94. The van der Waals surface area contributed by atoms with Crippen LogP contribution in [-0.4, -0.2) is 55.5 Å². The molecular weight excluding hydrogens is 362 g/mol. The molecule has 160 valence electrons. The number of rotatable bonds is 5. The van der Waals surface area contributed by atoms with E-state index in [1.165, 1.54) is 12.0 Å². The van der Waals surface area contributed by atoms with Crippen LogP contribution in [0.4, 0.5) is 5.69 Å². The first kappa shape index (κ1) is 21.6. The summed E-state index contributed by atoms with van der Waals surface area (Å²) in [5.74, 6) is 2.50. The van der Waals surface area contributed by atoms with E-state index in [4.69, 9.17) is 0 Å². The molecule has 3 N–H and O–H groups in total. The van der Waals surface area contributed by atoms with E-state index in [2.05, 4.69) is 59.6 Å². The van der Waals surface area contributed by atoms with Gasteiger partial charge in [0.15, 0.2) is 5.96 Å². The summed E-state index contributed by atoms with van der Waals surface area (Å²) in [6.07, 6.45) is 1.82. The van der Waals surface area contributed by atoms with Gasteiger partial charge in [-0.1, -0.05) is 32.0 Å². The lowest BCUT2D eigenvalue weighted by molar-refractivity contribution is -0.116. The molecule has 0 bridgehead atoms. The Morgan fingerprint density at radius 3 is 2.59 bits per heavy atom. The fourth-order valence-corrected chi connectivity index (χ4v) is 4.69. The molecule has 6 heteroatoms. The van der Waals surface area contributed by atoms with Crippen LogP contribution >= 0.6 is 0 Å². The number of carbonyl (C=O) groups excluding carboxylic acids is 1. The molecule has 3 rings (SSSR count). The third kappa shape index (κ3) is 5.50. The number of aliphatic imine (C=N–C) groups is 1. The maximum Gasteiger partial charge on any atom is 0.225 e. The largest absolute Gasteiger partial charge is 0.356 e. The number of nitrogens with one attached hydrogen (secondary N) is 3. The number of benzene rings is 1. The Morgan fingerprint density at radius 1 is 1.21 bits per heavy atom. The third-order valence-electron chi connectivity index (χ3n) is 6.26. The molecule has 0 aliphatic carbocycles. The van der Waals surface area contributed by atoms with Crippen molar-refractivity contribution in [1.29, 1.82) is 0 Å². The summed E-state index contributed by atoms with van der Waals surface area (Å²) in [6, 6.07) is 8.05. The van der Waals surface area contributed by atoms with E-state index < -0.39 is 0 Å². The van der Waals surface area contributed by atoms with Crippen LogP contribution in [0, 0.1) is 11.8 Å². The van der Waals surface area contributed by atoms with Gasteiger partial charge in [-0.3, -0.25) is 14.7 Å². The lowest BCUT2D eigenvalue weighted by Gasteiger charge is -2.45. The van der Waals surface area contributed by atoms with Gasteiger partial charge in [-0.15, -0.1) is 0 Å². The second-order valence-electron chi connectivity index (χ2n) is 9.51. The summed E-state index contributed by atoms with van der Waals surface area (Å²) in [4.78, 5) is 19.1. The summed E-state index contributed by atoms with van der Waals surface area (Å²) >= 11 is 0. The minimum Gasteiger partial charge on any atom is -0.356 e. The zero-order valence-electron chi connectivity index (χ0n) is 18.6. The normalized spacial score (nSPS) is 25.9. The lowest BCUT2D eigenvalue weighted by Crippen LogP contribution is -2.57. The number of anilines is 1. The van der Waals surface area contributed by atoms with Gasteiger partial charge in [0.1, 0.15) is 0 Å². The monoisotopic (exact) mass is 399 g/mol. The van der Waals surface area contributed by atoms with Gasteiger partial charge in [-0.05, 0) is 43.7 Å². The highest BCUT2D eigenvalue weighted by Crippen LogP contribution is 2.31. The molecular formula is C23H37N5O. The van der Waals surface area contributed by atoms with E-state index in [-0.39, 0.29) is 17.4 Å². The fraction of sp³-hybridized carbons (Fsp3) is 0.652. The standard InChI is InChI=1S/C23H37N5O/c1-16-10-17(2)14-28(13-16)23(3,4)15-26-22(24-5)25-12-18-11-21(29)27-20-9-7-6-8-19(18)20/h6-9,16-18H,10-15H2,1-5H3,(H,27,29)(H2,24,25,26). The Morgan fingerprint density at radius 2 is 1.90 bits per heavy atom. The second-order valence-corrected chi connectivity index (χ2v) is 9.51. The molecule has 6 nitrogen and oxygen atoms in total. The average molecular weight is 400 g/mol. The summed E-state index contributed by atoms with van der Waals surface area (Å²) in [6.45, 7) is 13.1. The topological polar surface area (TPSA) is 68.8 Å². The van der Waals surface area contributed by atoms with Crippen molar-refractivity contribution in [2.75, 3.05) is 38.5 Å². The number of hydrogen-bond acceptors (Lipinski definition) is 3. The van der Waals surface area contributed by atoms with E-state index in [0.717, 1.165) is 43.1 Å². The van der Waals surface area contributed by atoms with Crippen LogP contribution in [0.1, 0.15) is 52.0 Å². The van der Waals surface area contributed by atoms with Crippen LogP contribution in [0.3, 0.4) is 0 Å². The molecule has 1 saturated heterocycles. The maximum atomic E-state index is 12.0. The molecule has 0 radical (unpaired) electrons. The summed E-state index contributed by atoms with van der Waals surface area (Å²) in [7, 11) is 1.80. The van der Waals surface area contributed by atoms with Gasteiger partial charge in [0.2, 0.25) is 5.91 Å². The number of fused-ring (bicyclic) bond motifs is 1. The molecule has 29 heavy (non-hydrogen) atoms. The Labute approximate surface area is 175 Å². The first-order valence-corrected chi connectivity index (χ1v) is 10.9. The van der Waals surface area contributed by atoms with Crippen molar-refractivity contribution < 1.29 is 4.79 Å². The summed E-state index contributed by atoms with van der Waals surface area (Å²) < 4.78 is 0. The van der Waals surface area contributed by atoms with Gasteiger partial charge < -0.3 is 16.0 Å². The van der Waals surface area contributed by atoms with Crippen LogP contribution in [0.5, 0.6) is 0 Å². The van der Waals surface area contributed by atoms with Crippen LogP contribution < -0.4 is 16.0 Å². The van der Waals surface area contributed by atoms with Gasteiger partial charge in [0.05, 0.1) is 0 Å². The Kier molecular flexibility index (Phi) is 6.83. The second kappa shape index (κ2) is 9.16.